The molecule has 188 valence electrons. The van der Waals surface area contributed by atoms with Gasteiger partial charge in [-0.3, -0.25) is 4.90 Å². The van der Waals surface area contributed by atoms with Gasteiger partial charge >= 0.3 is 0 Å². The summed E-state index contributed by atoms with van der Waals surface area (Å²) in [5.74, 6) is 0.598. The molecule has 3 heterocycles. The largest absolute Gasteiger partial charge is 0.383 e. The Morgan fingerprint density at radius 3 is 2.39 bits per heavy atom. The molecule has 1 aliphatic rings. The summed E-state index contributed by atoms with van der Waals surface area (Å²) in [4.78, 5) is 14.4. The minimum absolute atomic E-state index is 0.0367. The molecule has 4 aromatic rings. The van der Waals surface area contributed by atoms with Crippen LogP contribution < -0.4 is 10.6 Å². The van der Waals surface area contributed by atoms with Gasteiger partial charge in [0.1, 0.15) is 11.6 Å². The molecule has 0 radical (unpaired) electrons. The highest BCUT2D eigenvalue weighted by Gasteiger charge is 2.26. The van der Waals surface area contributed by atoms with E-state index in [1.165, 1.54) is 11.6 Å². The molecule has 1 saturated heterocycles. The maximum absolute atomic E-state index is 13.9. The maximum atomic E-state index is 13.9. The lowest BCUT2D eigenvalue weighted by molar-refractivity contribution is 0.260. The fourth-order valence-electron chi connectivity index (χ4n) is 4.61. The third-order valence-corrected chi connectivity index (χ3v) is 6.89. The van der Waals surface area contributed by atoms with Crippen molar-refractivity contribution in [2.45, 2.75) is 32.7 Å². The van der Waals surface area contributed by atoms with E-state index < -0.39 is 5.82 Å². The van der Waals surface area contributed by atoms with E-state index in [4.69, 9.17) is 32.4 Å². The van der Waals surface area contributed by atoms with Gasteiger partial charge in [0, 0.05) is 38.3 Å². The minimum Gasteiger partial charge on any atom is -0.383 e. The summed E-state index contributed by atoms with van der Waals surface area (Å²) in [5, 5.41) is 5.43. The summed E-state index contributed by atoms with van der Waals surface area (Å²) < 4.78 is 15.7. The van der Waals surface area contributed by atoms with Crippen LogP contribution in [0.2, 0.25) is 5.02 Å². The lowest BCUT2D eigenvalue weighted by atomic mass is 10.1. The Bertz CT molecular complexity index is 1370. The van der Waals surface area contributed by atoms with Crippen molar-refractivity contribution >= 4 is 34.4 Å². The molecule has 2 aromatic carbocycles. The number of halogens is 2. The van der Waals surface area contributed by atoms with Gasteiger partial charge in [-0.1, -0.05) is 41.9 Å². The highest BCUT2D eigenvalue weighted by atomic mass is 35.5. The standard InChI is InChI=1S/C27H31ClFN7/c1-27(2,3)36-24(30)22-23(19-9-10-21(29)20(28)17-19)31-26(32-25(22)33-36)35-15-13-34(14-16-35)12-11-18-7-5-4-6-8-18/h4-10,17H,11-16,30H2,1-3H3. The van der Waals surface area contributed by atoms with Gasteiger partial charge in [-0.2, -0.15) is 4.98 Å². The average Bonchev–Trinajstić information content (AvgIpc) is 3.22. The summed E-state index contributed by atoms with van der Waals surface area (Å²) in [7, 11) is 0. The zero-order valence-electron chi connectivity index (χ0n) is 20.9. The Morgan fingerprint density at radius 1 is 1.00 bits per heavy atom. The molecule has 2 N–H and O–H groups in total. The van der Waals surface area contributed by atoms with Crippen molar-refractivity contribution in [3.8, 4) is 11.3 Å². The number of piperazine rings is 1. The average molecular weight is 508 g/mol. The molecular formula is C27H31ClFN7. The molecule has 1 fully saturated rings. The van der Waals surface area contributed by atoms with Crippen molar-refractivity contribution in [3.05, 3.63) is 64.9 Å². The molecule has 0 spiro atoms. The first-order chi connectivity index (χ1) is 17.2. The molecule has 36 heavy (non-hydrogen) atoms. The van der Waals surface area contributed by atoms with Gasteiger partial charge in [0.2, 0.25) is 5.95 Å². The van der Waals surface area contributed by atoms with E-state index in [2.05, 4.69) is 34.1 Å². The lowest BCUT2D eigenvalue weighted by Crippen LogP contribution is -2.47. The first kappa shape index (κ1) is 24.5. The topological polar surface area (TPSA) is 76.1 Å². The molecule has 0 bridgehead atoms. The zero-order valence-corrected chi connectivity index (χ0v) is 21.6. The summed E-state index contributed by atoms with van der Waals surface area (Å²) in [6.07, 6.45) is 1.03. The molecule has 2 aromatic heterocycles. The summed E-state index contributed by atoms with van der Waals surface area (Å²) in [6.45, 7) is 10.6. The second-order valence-electron chi connectivity index (χ2n) is 10.2. The number of benzene rings is 2. The van der Waals surface area contributed by atoms with Crippen molar-refractivity contribution in [2.24, 2.45) is 0 Å². The minimum atomic E-state index is -0.476. The Balaban J connectivity index is 1.45. The number of nitrogen functional groups attached to an aromatic ring is 1. The van der Waals surface area contributed by atoms with Gasteiger partial charge in [-0.05, 0) is 51.0 Å². The van der Waals surface area contributed by atoms with Crippen molar-refractivity contribution in [3.63, 3.8) is 0 Å². The van der Waals surface area contributed by atoms with Crippen molar-refractivity contribution in [1.82, 2.24) is 24.6 Å². The normalized spacial score (nSPS) is 15.1. The summed E-state index contributed by atoms with van der Waals surface area (Å²) in [5.41, 5.74) is 9.37. The third kappa shape index (κ3) is 4.88. The van der Waals surface area contributed by atoms with Crippen LogP contribution in [0.4, 0.5) is 16.2 Å². The fraction of sp³-hybridized carbons (Fsp3) is 0.370. The van der Waals surface area contributed by atoms with Crippen LogP contribution in [0.15, 0.2) is 48.5 Å². The van der Waals surface area contributed by atoms with E-state index in [-0.39, 0.29) is 10.6 Å². The SMILES string of the molecule is CC(C)(C)n1nc2nc(N3CCN(CCc4ccccc4)CC3)nc(-c3ccc(F)c(Cl)c3)c2c1N. The second-order valence-corrected chi connectivity index (χ2v) is 10.6. The molecule has 5 rings (SSSR count). The Kier molecular flexibility index (Phi) is 6.57. The monoisotopic (exact) mass is 507 g/mol. The van der Waals surface area contributed by atoms with Crippen LogP contribution in [0.25, 0.3) is 22.3 Å². The fourth-order valence-corrected chi connectivity index (χ4v) is 4.79. The van der Waals surface area contributed by atoms with E-state index >= 15 is 0 Å². The Morgan fingerprint density at radius 2 is 1.72 bits per heavy atom. The number of anilines is 2. The molecule has 0 unspecified atom stereocenters. The molecule has 0 atom stereocenters. The molecule has 9 heteroatoms. The number of hydrogen-bond donors (Lipinski definition) is 1. The molecule has 1 aliphatic heterocycles. The van der Waals surface area contributed by atoms with Crippen LogP contribution in [0.3, 0.4) is 0 Å². The molecule has 0 amide bonds. The highest BCUT2D eigenvalue weighted by Crippen LogP contribution is 2.35. The highest BCUT2D eigenvalue weighted by molar-refractivity contribution is 6.31. The molecule has 0 aliphatic carbocycles. The summed E-state index contributed by atoms with van der Waals surface area (Å²) >= 11 is 6.12. The Hall–Kier alpha value is -3.23. The van der Waals surface area contributed by atoms with Crippen LogP contribution in [0.5, 0.6) is 0 Å². The van der Waals surface area contributed by atoms with E-state index in [0.29, 0.717) is 34.1 Å². The van der Waals surface area contributed by atoms with Crippen LogP contribution in [-0.2, 0) is 12.0 Å². The first-order valence-corrected chi connectivity index (χ1v) is 12.6. The maximum Gasteiger partial charge on any atom is 0.228 e. The van der Waals surface area contributed by atoms with Gasteiger partial charge in [-0.25, -0.2) is 14.1 Å². The third-order valence-electron chi connectivity index (χ3n) is 6.60. The van der Waals surface area contributed by atoms with Gasteiger partial charge in [0.05, 0.1) is 21.6 Å². The number of aromatic nitrogens is 4. The molecular weight excluding hydrogens is 477 g/mol. The lowest BCUT2D eigenvalue weighted by Gasteiger charge is -2.34. The van der Waals surface area contributed by atoms with Crippen molar-refractivity contribution in [1.29, 1.82) is 0 Å². The Labute approximate surface area is 215 Å². The second kappa shape index (κ2) is 9.67. The van der Waals surface area contributed by atoms with Crippen LogP contribution >= 0.6 is 11.6 Å². The van der Waals surface area contributed by atoms with E-state index in [1.807, 2.05) is 26.8 Å². The number of rotatable bonds is 5. The van der Waals surface area contributed by atoms with Crippen molar-refractivity contribution < 1.29 is 4.39 Å². The number of fused-ring (bicyclic) bond motifs is 1. The van der Waals surface area contributed by atoms with Gasteiger partial charge in [0.15, 0.2) is 5.65 Å². The van der Waals surface area contributed by atoms with E-state index in [1.54, 1.807) is 16.8 Å². The quantitative estimate of drug-likeness (QED) is 0.410. The summed E-state index contributed by atoms with van der Waals surface area (Å²) in [6, 6.07) is 15.2. The van der Waals surface area contributed by atoms with E-state index in [0.717, 1.165) is 39.1 Å². The number of nitrogens with zero attached hydrogens (tertiary/aromatic N) is 6. The van der Waals surface area contributed by atoms with Crippen LogP contribution in [0, 0.1) is 5.82 Å². The number of nitrogens with two attached hydrogens (primary N) is 1. The predicted octanol–water partition coefficient (Wildman–Crippen LogP) is 4.99. The van der Waals surface area contributed by atoms with Crippen LogP contribution in [0.1, 0.15) is 26.3 Å². The number of hydrogen-bond acceptors (Lipinski definition) is 6. The molecule has 7 nitrogen and oxygen atoms in total. The zero-order chi connectivity index (χ0) is 25.4. The van der Waals surface area contributed by atoms with Gasteiger partial charge < -0.3 is 10.6 Å². The van der Waals surface area contributed by atoms with Crippen molar-refractivity contribution in [2.75, 3.05) is 43.4 Å². The van der Waals surface area contributed by atoms with Gasteiger partial charge in [0.25, 0.3) is 0 Å². The first-order valence-electron chi connectivity index (χ1n) is 12.2. The van der Waals surface area contributed by atoms with Crippen LogP contribution in [-0.4, -0.2) is 57.4 Å². The molecule has 0 saturated carbocycles. The predicted molar refractivity (Wildman–Crippen MR) is 144 cm³/mol. The smallest absolute Gasteiger partial charge is 0.228 e. The van der Waals surface area contributed by atoms with Gasteiger partial charge in [-0.15, -0.1) is 5.10 Å². The van der Waals surface area contributed by atoms with E-state index in [9.17, 15) is 4.39 Å².